The smallest absolute Gasteiger partial charge is 0.430 e. The number of benzene rings is 1. The molecule has 0 saturated carbocycles. The summed E-state index contributed by atoms with van der Waals surface area (Å²) >= 11 is 0. The van der Waals surface area contributed by atoms with E-state index in [4.69, 9.17) is 5.26 Å². The maximum atomic E-state index is 12.6. The average Bonchev–Trinajstić information content (AvgIpc) is 2.25. The first-order chi connectivity index (χ1) is 8.88. The van der Waals surface area contributed by atoms with Crippen LogP contribution < -0.4 is 4.18 Å². The van der Waals surface area contributed by atoms with Crippen LogP contribution in [0.5, 0.6) is 5.75 Å². The van der Waals surface area contributed by atoms with Crippen LogP contribution in [0.4, 0.5) is 26.3 Å². The highest BCUT2D eigenvalue weighted by atomic mass is 32.5. The Kier molecular flexibility index (Phi) is 4.32. The lowest BCUT2D eigenvalue weighted by Crippen LogP contribution is -2.25. The first-order valence-electron chi connectivity index (χ1n) is 4.66. The minimum absolute atomic E-state index is 0.331. The molecule has 0 fully saturated rings. The van der Waals surface area contributed by atoms with Gasteiger partial charge in [-0.2, -0.15) is 31.6 Å². The zero-order chi connectivity index (χ0) is 15.8. The molecule has 1 atom stereocenters. The Labute approximate surface area is 112 Å². The highest BCUT2D eigenvalue weighted by molar-refractivity contribution is 8.24. The molecule has 0 amide bonds. The summed E-state index contributed by atoms with van der Waals surface area (Å²) in [7, 11) is -1.74. The van der Waals surface area contributed by atoms with Gasteiger partial charge in [0.2, 0.25) is 0 Å². The standard InChI is InChI=1S/C10H6F6NOPS/c1-20(19,10(14,15)16)18-7-3-2-6(5-17)8(4-7)9(11,12)13/h2-4,19H,1H2. The number of nitrogens with zero attached hydrogens (tertiary/aromatic N) is 1. The first kappa shape index (κ1) is 16.7. The van der Waals surface area contributed by atoms with E-state index in [1.165, 1.54) is 6.07 Å². The van der Waals surface area contributed by atoms with E-state index < -0.39 is 37.6 Å². The molecule has 20 heavy (non-hydrogen) atoms. The fraction of sp³-hybridized carbons (Fsp3) is 0.200. The van der Waals surface area contributed by atoms with Crippen LogP contribution >= 0.6 is 8.02 Å². The van der Waals surface area contributed by atoms with E-state index in [1.54, 1.807) is 0 Å². The monoisotopic (exact) mass is 333 g/mol. The fourth-order valence-corrected chi connectivity index (χ4v) is 1.93. The molecule has 1 aromatic carbocycles. The molecule has 110 valence electrons. The van der Waals surface area contributed by atoms with Crippen molar-refractivity contribution in [3.05, 3.63) is 29.3 Å². The summed E-state index contributed by atoms with van der Waals surface area (Å²) in [5, 5.41) is 8.55. The van der Waals surface area contributed by atoms with Crippen molar-refractivity contribution in [2.24, 2.45) is 0 Å². The predicted molar refractivity (Wildman–Crippen MR) is 65.6 cm³/mol. The molecule has 0 N–H and O–H groups in total. The van der Waals surface area contributed by atoms with Crippen molar-refractivity contribution in [1.82, 2.24) is 0 Å². The second-order valence-corrected chi connectivity index (χ2v) is 7.48. The van der Waals surface area contributed by atoms with Gasteiger partial charge in [0.15, 0.2) is 0 Å². The lowest BCUT2D eigenvalue weighted by molar-refractivity contribution is -0.137. The first-order valence-corrected chi connectivity index (χ1v) is 7.62. The number of hydrogen-bond acceptors (Lipinski definition) is 2. The van der Waals surface area contributed by atoms with Gasteiger partial charge in [-0.3, -0.25) is 0 Å². The normalized spacial score (nSPS) is 15.2. The summed E-state index contributed by atoms with van der Waals surface area (Å²) in [4.78, 5) is 0. The van der Waals surface area contributed by atoms with E-state index >= 15 is 0 Å². The highest BCUT2D eigenvalue weighted by Gasteiger charge is 2.38. The van der Waals surface area contributed by atoms with Gasteiger partial charge >= 0.3 is 11.7 Å². The lowest BCUT2D eigenvalue weighted by atomic mass is 10.1. The molecule has 2 nitrogen and oxygen atoms in total. The molecule has 1 rings (SSSR count). The molecule has 0 spiro atoms. The molecular weight excluding hydrogens is 327 g/mol. The topological polar surface area (TPSA) is 33.0 Å². The van der Waals surface area contributed by atoms with E-state index in [0.29, 0.717) is 6.07 Å². The predicted octanol–water partition coefficient (Wildman–Crippen LogP) is 4.03. The van der Waals surface area contributed by atoms with Crippen LogP contribution in [-0.2, 0) is 15.3 Å². The number of rotatable bonds is 2. The second-order valence-electron chi connectivity index (χ2n) is 3.52. The van der Waals surface area contributed by atoms with Gasteiger partial charge in [0.25, 0.3) is 0 Å². The van der Waals surface area contributed by atoms with Gasteiger partial charge in [-0.05, 0) is 24.1 Å². The molecule has 0 aromatic heterocycles. The maximum absolute atomic E-state index is 12.6. The molecule has 0 heterocycles. The quantitative estimate of drug-likeness (QED) is 0.465. The zero-order valence-corrected chi connectivity index (χ0v) is 11.3. The Bertz CT molecular complexity index is 656. The third-order valence-electron chi connectivity index (χ3n) is 2.03. The van der Waals surface area contributed by atoms with Crippen molar-refractivity contribution in [3.63, 3.8) is 0 Å². The molecular formula is C10H6F6NOPS. The van der Waals surface area contributed by atoms with Crippen LogP contribution in [0.2, 0.25) is 0 Å². The third kappa shape index (κ3) is 3.58. The summed E-state index contributed by atoms with van der Waals surface area (Å²) in [6.45, 7) is 0. The zero-order valence-electron chi connectivity index (χ0n) is 9.47. The van der Waals surface area contributed by atoms with E-state index in [-0.39, 0.29) is 0 Å². The van der Waals surface area contributed by atoms with Gasteiger partial charge in [-0.25, -0.2) is 0 Å². The SMILES string of the molecule is C=S(=P)(Oc1ccc(C#N)c(C(F)(F)F)c1)C(F)(F)F. The fourth-order valence-electron chi connectivity index (χ4n) is 1.12. The Balaban J connectivity index is 3.29. The molecule has 0 saturated heterocycles. The Morgan fingerprint density at radius 1 is 1.20 bits per heavy atom. The van der Waals surface area contributed by atoms with Crippen LogP contribution in [0.25, 0.3) is 0 Å². The van der Waals surface area contributed by atoms with Crippen molar-refractivity contribution < 1.29 is 30.5 Å². The summed E-state index contributed by atoms with van der Waals surface area (Å²) in [5.41, 5.74) is -6.95. The number of nitriles is 1. The maximum Gasteiger partial charge on any atom is 0.466 e. The van der Waals surface area contributed by atoms with Gasteiger partial charge in [-0.15, -0.1) is 0 Å². The van der Waals surface area contributed by atoms with E-state index in [1.807, 2.05) is 0 Å². The van der Waals surface area contributed by atoms with Crippen molar-refractivity contribution in [3.8, 4) is 11.8 Å². The number of alkyl halides is 6. The molecule has 0 aliphatic rings. The van der Waals surface area contributed by atoms with Crippen LogP contribution in [0, 0.1) is 11.3 Å². The van der Waals surface area contributed by atoms with Crippen molar-refractivity contribution >= 4 is 23.0 Å². The second kappa shape index (κ2) is 5.19. The van der Waals surface area contributed by atoms with Crippen LogP contribution in [0.1, 0.15) is 11.1 Å². The molecule has 1 unspecified atom stereocenters. The summed E-state index contributed by atoms with van der Waals surface area (Å²) in [6.07, 6.45) is -4.88. The minimum Gasteiger partial charge on any atom is -0.430 e. The molecule has 0 aliphatic carbocycles. The van der Waals surface area contributed by atoms with E-state index in [9.17, 15) is 26.3 Å². The van der Waals surface area contributed by atoms with Crippen molar-refractivity contribution in [1.29, 1.82) is 5.26 Å². The molecule has 0 bridgehead atoms. The van der Waals surface area contributed by atoms with Gasteiger partial charge in [0.05, 0.1) is 26.3 Å². The van der Waals surface area contributed by atoms with Crippen LogP contribution in [-0.4, -0.2) is 11.4 Å². The summed E-state index contributed by atoms with van der Waals surface area (Å²) in [5.74, 6) is 2.09. The van der Waals surface area contributed by atoms with Gasteiger partial charge < -0.3 is 4.18 Å². The number of halogens is 6. The molecule has 0 radical (unpaired) electrons. The largest absolute Gasteiger partial charge is 0.466 e. The molecule has 0 aliphatic heterocycles. The van der Waals surface area contributed by atoms with Crippen molar-refractivity contribution in [2.45, 2.75) is 11.7 Å². The van der Waals surface area contributed by atoms with Gasteiger partial charge in [-0.1, -0.05) is 8.02 Å². The highest BCUT2D eigenvalue weighted by Crippen LogP contribution is 2.36. The molecule has 10 heteroatoms. The average molecular weight is 333 g/mol. The Morgan fingerprint density at radius 3 is 2.15 bits per heavy atom. The van der Waals surface area contributed by atoms with Gasteiger partial charge in [0.1, 0.15) is 5.75 Å². The van der Waals surface area contributed by atoms with Gasteiger partial charge in [0, 0.05) is 0 Å². The third-order valence-corrected chi connectivity index (χ3v) is 4.20. The van der Waals surface area contributed by atoms with E-state index in [0.717, 1.165) is 12.1 Å². The van der Waals surface area contributed by atoms with E-state index in [2.05, 4.69) is 18.1 Å². The molecule has 1 aromatic rings. The van der Waals surface area contributed by atoms with Crippen LogP contribution in [0.3, 0.4) is 0 Å². The summed E-state index contributed by atoms with van der Waals surface area (Å²) in [6, 6.07) is 3.21. The van der Waals surface area contributed by atoms with Crippen LogP contribution in [0.15, 0.2) is 18.2 Å². The lowest BCUT2D eigenvalue weighted by Gasteiger charge is -2.19. The Morgan fingerprint density at radius 2 is 1.75 bits per heavy atom. The minimum atomic E-state index is -4.88. The number of hydrogen-bond donors (Lipinski definition) is 0. The summed E-state index contributed by atoms with van der Waals surface area (Å²) < 4.78 is 79.9. The Hall–Kier alpha value is -1.39. The van der Waals surface area contributed by atoms with Crippen molar-refractivity contribution in [2.75, 3.05) is 0 Å².